The van der Waals surface area contributed by atoms with Gasteiger partial charge in [0, 0.05) is 23.9 Å². The van der Waals surface area contributed by atoms with Gasteiger partial charge in [-0.2, -0.15) is 0 Å². The molecule has 1 saturated heterocycles. The molecule has 4 rings (SSSR count). The van der Waals surface area contributed by atoms with E-state index in [0.29, 0.717) is 12.0 Å². The van der Waals surface area contributed by atoms with Crippen LogP contribution in [0.2, 0.25) is 0 Å². The van der Waals surface area contributed by atoms with Crippen LogP contribution >= 0.6 is 0 Å². The van der Waals surface area contributed by atoms with Crippen molar-refractivity contribution in [3.63, 3.8) is 0 Å². The number of rotatable bonds is 2. The lowest BCUT2D eigenvalue weighted by atomic mass is 9.71. The number of fused-ring (bicyclic) bond motifs is 1. The van der Waals surface area contributed by atoms with Crippen molar-refractivity contribution in [2.45, 2.75) is 44.6 Å². The molecule has 1 atom stereocenters. The lowest BCUT2D eigenvalue weighted by molar-refractivity contribution is -0.119. The molecule has 2 fully saturated rings. The monoisotopic (exact) mass is 300 g/mol. The SMILES string of the molecule is O=C1C[C@]2(CCc3cc(C(=O)N(O)C4CC4)ccc3C2)CN1. The highest BCUT2D eigenvalue weighted by atomic mass is 16.5. The molecule has 2 aliphatic carbocycles. The number of hydroxylamine groups is 2. The second kappa shape index (κ2) is 4.81. The van der Waals surface area contributed by atoms with Crippen molar-refractivity contribution in [2.75, 3.05) is 6.54 Å². The predicted molar refractivity (Wildman–Crippen MR) is 79.5 cm³/mol. The molecule has 1 spiro atoms. The van der Waals surface area contributed by atoms with Crippen molar-refractivity contribution in [1.29, 1.82) is 0 Å². The van der Waals surface area contributed by atoms with Crippen LogP contribution in [0.15, 0.2) is 18.2 Å². The summed E-state index contributed by atoms with van der Waals surface area (Å²) in [5.74, 6) is -0.154. The van der Waals surface area contributed by atoms with Gasteiger partial charge in [0.05, 0.1) is 6.04 Å². The lowest BCUT2D eigenvalue weighted by Crippen LogP contribution is -2.32. The Hall–Kier alpha value is -1.88. The van der Waals surface area contributed by atoms with E-state index in [1.807, 2.05) is 12.1 Å². The smallest absolute Gasteiger partial charge is 0.277 e. The summed E-state index contributed by atoms with van der Waals surface area (Å²) in [5, 5.41) is 13.7. The molecule has 0 aromatic heterocycles. The highest BCUT2D eigenvalue weighted by molar-refractivity contribution is 5.94. The van der Waals surface area contributed by atoms with Gasteiger partial charge in [-0.3, -0.25) is 14.8 Å². The van der Waals surface area contributed by atoms with Crippen LogP contribution in [-0.4, -0.2) is 34.7 Å². The third-order valence-corrected chi connectivity index (χ3v) is 5.24. The average molecular weight is 300 g/mol. The molecular formula is C17H20N2O3. The molecule has 0 radical (unpaired) electrons. The average Bonchev–Trinajstić information content (AvgIpc) is 3.31. The van der Waals surface area contributed by atoms with Gasteiger partial charge in [0.2, 0.25) is 5.91 Å². The summed E-state index contributed by atoms with van der Waals surface area (Å²) in [4.78, 5) is 23.8. The molecular weight excluding hydrogens is 280 g/mol. The van der Waals surface area contributed by atoms with E-state index in [9.17, 15) is 14.8 Å². The Balaban J connectivity index is 1.56. The Morgan fingerprint density at radius 2 is 2.09 bits per heavy atom. The summed E-state index contributed by atoms with van der Waals surface area (Å²) in [6.07, 6.45) is 5.13. The Kier molecular flexibility index (Phi) is 3.01. The normalized spacial score (nSPS) is 26.7. The molecule has 1 aromatic rings. The van der Waals surface area contributed by atoms with Gasteiger partial charge in [0.1, 0.15) is 0 Å². The molecule has 1 saturated carbocycles. The van der Waals surface area contributed by atoms with Crippen molar-refractivity contribution in [1.82, 2.24) is 10.4 Å². The van der Waals surface area contributed by atoms with Gasteiger partial charge >= 0.3 is 0 Å². The number of nitrogens with zero attached hydrogens (tertiary/aromatic N) is 1. The number of hydrogen-bond donors (Lipinski definition) is 2. The maximum absolute atomic E-state index is 12.2. The van der Waals surface area contributed by atoms with Gasteiger partial charge in [-0.25, -0.2) is 5.06 Å². The third-order valence-electron chi connectivity index (χ3n) is 5.24. The lowest BCUT2D eigenvalue weighted by Gasteiger charge is -2.33. The fourth-order valence-corrected chi connectivity index (χ4v) is 3.73. The molecule has 5 nitrogen and oxygen atoms in total. The first kappa shape index (κ1) is 13.8. The summed E-state index contributed by atoms with van der Waals surface area (Å²) in [6.45, 7) is 0.762. The van der Waals surface area contributed by atoms with Gasteiger partial charge in [0.25, 0.3) is 5.91 Å². The molecule has 0 bridgehead atoms. The molecule has 0 unspecified atom stereocenters. The van der Waals surface area contributed by atoms with Gasteiger partial charge in [-0.05, 0) is 55.4 Å². The van der Waals surface area contributed by atoms with E-state index in [1.165, 1.54) is 11.1 Å². The van der Waals surface area contributed by atoms with Crippen LogP contribution in [-0.2, 0) is 17.6 Å². The molecule has 1 aromatic carbocycles. The topological polar surface area (TPSA) is 69.6 Å². The standard InChI is InChI=1S/C17H20N2O3/c20-15-9-17(10-18-15)6-5-11-7-12(1-2-13(11)8-17)16(21)19(22)14-3-4-14/h1-2,7,14,22H,3-6,8-10H2,(H,18,20)/t17-/m1/s1. The quantitative estimate of drug-likeness (QED) is 0.645. The fraction of sp³-hybridized carbons (Fsp3) is 0.529. The first-order valence-corrected chi connectivity index (χ1v) is 7.97. The first-order valence-electron chi connectivity index (χ1n) is 7.97. The maximum Gasteiger partial charge on any atom is 0.277 e. The van der Waals surface area contributed by atoms with Crippen LogP contribution in [0.3, 0.4) is 0 Å². The number of benzene rings is 1. The molecule has 5 heteroatoms. The van der Waals surface area contributed by atoms with E-state index in [0.717, 1.165) is 43.7 Å². The summed E-state index contributed by atoms with van der Waals surface area (Å²) >= 11 is 0. The fourth-order valence-electron chi connectivity index (χ4n) is 3.73. The largest absolute Gasteiger partial charge is 0.356 e. The number of nitrogens with one attached hydrogen (secondary N) is 1. The number of hydrogen-bond acceptors (Lipinski definition) is 3. The van der Waals surface area contributed by atoms with Crippen LogP contribution in [0.1, 0.15) is 47.2 Å². The minimum atomic E-state index is -0.303. The second-order valence-corrected chi connectivity index (χ2v) is 6.99. The highest BCUT2D eigenvalue weighted by Gasteiger charge is 2.41. The number of aryl methyl sites for hydroxylation is 1. The molecule has 22 heavy (non-hydrogen) atoms. The van der Waals surface area contributed by atoms with E-state index in [1.54, 1.807) is 6.07 Å². The summed E-state index contributed by atoms with van der Waals surface area (Å²) in [7, 11) is 0. The molecule has 2 amide bonds. The maximum atomic E-state index is 12.2. The zero-order valence-corrected chi connectivity index (χ0v) is 12.5. The Morgan fingerprint density at radius 1 is 1.27 bits per heavy atom. The van der Waals surface area contributed by atoms with Crippen LogP contribution in [0.4, 0.5) is 0 Å². The van der Waals surface area contributed by atoms with Gasteiger partial charge in [-0.1, -0.05) is 6.07 Å². The Morgan fingerprint density at radius 3 is 2.77 bits per heavy atom. The molecule has 3 aliphatic rings. The number of carbonyl (C=O) groups excluding carboxylic acids is 2. The van der Waals surface area contributed by atoms with Gasteiger partial charge < -0.3 is 5.32 Å². The Bertz CT molecular complexity index is 653. The predicted octanol–water partition coefficient (Wildman–Crippen LogP) is 1.68. The van der Waals surface area contributed by atoms with E-state index < -0.39 is 0 Å². The minimum absolute atomic E-state index is 0.00220. The molecule has 1 heterocycles. The summed E-state index contributed by atoms with van der Waals surface area (Å²) in [5.41, 5.74) is 3.03. The molecule has 116 valence electrons. The van der Waals surface area contributed by atoms with Crippen molar-refractivity contribution in [3.8, 4) is 0 Å². The van der Waals surface area contributed by atoms with Crippen molar-refractivity contribution in [3.05, 3.63) is 34.9 Å². The first-order chi connectivity index (χ1) is 10.6. The van der Waals surface area contributed by atoms with Crippen LogP contribution in [0.25, 0.3) is 0 Å². The van der Waals surface area contributed by atoms with Crippen molar-refractivity contribution in [2.24, 2.45) is 5.41 Å². The molecule has 1 aliphatic heterocycles. The van der Waals surface area contributed by atoms with Crippen LogP contribution in [0, 0.1) is 5.41 Å². The zero-order valence-electron chi connectivity index (χ0n) is 12.5. The van der Waals surface area contributed by atoms with Crippen molar-refractivity contribution >= 4 is 11.8 Å². The third kappa shape index (κ3) is 2.29. The zero-order chi connectivity index (χ0) is 15.3. The molecule has 2 N–H and O–H groups in total. The van der Waals surface area contributed by atoms with E-state index in [2.05, 4.69) is 5.32 Å². The van der Waals surface area contributed by atoms with Crippen LogP contribution in [0.5, 0.6) is 0 Å². The Labute approximate surface area is 129 Å². The second-order valence-electron chi connectivity index (χ2n) is 6.99. The van der Waals surface area contributed by atoms with E-state index in [-0.39, 0.29) is 23.3 Å². The summed E-state index contributed by atoms with van der Waals surface area (Å²) in [6, 6.07) is 5.71. The van der Waals surface area contributed by atoms with E-state index >= 15 is 0 Å². The van der Waals surface area contributed by atoms with Gasteiger partial charge in [0.15, 0.2) is 0 Å². The highest BCUT2D eigenvalue weighted by Crippen LogP contribution is 2.40. The van der Waals surface area contributed by atoms with Crippen LogP contribution < -0.4 is 5.32 Å². The summed E-state index contributed by atoms with van der Waals surface area (Å²) < 4.78 is 0. The minimum Gasteiger partial charge on any atom is -0.356 e. The van der Waals surface area contributed by atoms with Gasteiger partial charge in [-0.15, -0.1) is 0 Å². The van der Waals surface area contributed by atoms with Crippen molar-refractivity contribution < 1.29 is 14.8 Å². The number of carbonyl (C=O) groups is 2. The van der Waals surface area contributed by atoms with E-state index in [4.69, 9.17) is 0 Å². The number of amides is 2.